The van der Waals surface area contributed by atoms with Gasteiger partial charge in [-0.05, 0) is 38.1 Å². The first-order valence-electron chi connectivity index (χ1n) is 6.40. The molecule has 3 nitrogen and oxygen atoms in total. The molecule has 0 aliphatic heterocycles. The Hall–Kier alpha value is -2.60. The molecular formula is C17H16N2O. The quantitative estimate of drug-likeness (QED) is 0.891. The molecule has 3 heteroatoms. The fourth-order valence-corrected chi connectivity index (χ4v) is 1.79. The minimum Gasteiger partial charge on any atom is -0.322 e. The molecule has 0 heterocycles. The van der Waals surface area contributed by atoms with Crippen molar-refractivity contribution in [1.29, 1.82) is 5.26 Å². The van der Waals surface area contributed by atoms with Crippen molar-refractivity contribution in [2.24, 2.45) is 5.41 Å². The third kappa shape index (κ3) is 3.24. The summed E-state index contributed by atoms with van der Waals surface area (Å²) in [6.07, 6.45) is 8.90. The molecule has 1 aliphatic rings. The number of carbonyl (C=O) groups excluding carboxylic acids is 1. The highest BCUT2D eigenvalue weighted by Crippen LogP contribution is 2.22. The Balaban J connectivity index is 2.12. The summed E-state index contributed by atoms with van der Waals surface area (Å²) in [6, 6.07) is 9.60. The molecular weight excluding hydrogens is 248 g/mol. The second-order valence-corrected chi connectivity index (χ2v) is 5.03. The second-order valence-electron chi connectivity index (χ2n) is 5.03. The van der Waals surface area contributed by atoms with Crippen LogP contribution in [0.3, 0.4) is 0 Å². The number of rotatable bonds is 2. The monoisotopic (exact) mass is 264 g/mol. The Morgan fingerprint density at radius 1 is 1.25 bits per heavy atom. The van der Waals surface area contributed by atoms with E-state index in [0.717, 1.165) is 5.56 Å². The number of benzene rings is 1. The van der Waals surface area contributed by atoms with Crippen LogP contribution in [0.5, 0.6) is 0 Å². The van der Waals surface area contributed by atoms with Crippen molar-refractivity contribution in [3.63, 3.8) is 0 Å². The van der Waals surface area contributed by atoms with E-state index in [1.54, 1.807) is 42.5 Å². The fraction of sp³-hybridized carbons (Fsp3) is 0.176. The molecule has 1 aromatic rings. The summed E-state index contributed by atoms with van der Waals surface area (Å²) in [5, 5.41) is 11.9. The summed E-state index contributed by atoms with van der Waals surface area (Å²) in [5.74, 6) is -0.158. The van der Waals surface area contributed by atoms with E-state index < -0.39 is 5.41 Å². The average molecular weight is 264 g/mol. The number of carbonyl (C=O) groups is 1. The Kier molecular flexibility index (Phi) is 3.86. The number of allylic oxidation sites excluding steroid dienone is 5. The summed E-state index contributed by atoms with van der Waals surface area (Å²) in [5.41, 5.74) is 1.77. The molecule has 2 rings (SSSR count). The lowest BCUT2D eigenvalue weighted by molar-refractivity contribution is 0.0967. The van der Waals surface area contributed by atoms with Crippen LogP contribution in [-0.2, 0) is 0 Å². The summed E-state index contributed by atoms with van der Waals surface area (Å²) in [6.45, 7) is 3.80. The first-order valence-corrected chi connectivity index (χ1v) is 6.40. The smallest absolute Gasteiger partial charge is 0.255 e. The van der Waals surface area contributed by atoms with Crippen LogP contribution in [0.15, 0.2) is 60.3 Å². The summed E-state index contributed by atoms with van der Waals surface area (Å²) >= 11 is 0. The van der Waals surface area contributed by atoms with Crippen molar-refractivity contribution in [3.05, 3.63) is 71.5 Å². The van der Waals surface area contributed by atoms with Crippen LogP contribution in [0.2, 0.25) is 0 Å². The molecule has 0 spiro atoms. The number of nitrogens with one attached hydrogen (secondary N) is 1. The van der Waals surface area contributed by atoms with Crippen LogP contribution in [0.4, 0.5) is 0 Å². The first-order chi connectivity index (χ1) is 9.52. The number of hydrogen-bond donors (Lipinski definition) is 1. The SMILES string of the molecule is Cc1ccc(C(=O)NC2=CC=CC(C)(C#N)C=C2)cc1. The molecule has 1 N–H and O–H groups in total. The Morgan fingerprint density at radius 2 is 1.95 bits per heavy atom. The van der Waals surface area contributed by atoms with E-state index in [1.165, 1.54) is 0 Å². The summed E-state index contributed by atoms with van der Waals surface area (Å²) in [7, 11) is 0. The van der Waals surface area contributed by atoms with Crippen LogP contribution in [0.1, 0.15) is 22.8 Å². The summed E-state index contributed by atoms with van der Waals surface area (Å²) < 4.78 is 0. The van der Waals surface area contributed by atoms with E-state index in [1.807, 2.05) is 26.0 Å². The average Bonchev–Trinajstić information content (AvgIpc) is 2.63. The normalized spacial score (nSPS) is 20.8. The molecule has 1 unspecified atom stereocenters. The highest BCUT2D eigenvalue weighted by atomic mass is 16.1. The Morgan fingerprint density at radius 3 is 2.60 bits per heavy atom. The van der Waals surface area contributed by atoms with Crippen LogP contribution in [-0.4, -0.2) is 5.91 Å². The molecule has 0 radical (unpaired) electrons. The third-order valence-corrected chi connectivity index (χ3v) is 3.14. The van der Waals surface area contributed by atoms with Crippen molar-refractivity contribution in [2.45, 2.75) is 13.8 Å². The van der Waals surface area contributed by atoms with Gasteiger partial charge in [-0.1, -0.05) is 35.9 Å². The van der Waals surface area contributed by atoms with E-state index in [9.17, 15) is 4.79 Å². The number of nitriles is 1. The molecule has 0 saturated heterocycles. The maximum atomic E-state index is 12.1. The number of hydrogen-bond acceptors (Lipinski definition) is 2. The van der Waals surface area contributed by atoms with Gasteiger partial charge in [0.1, 0.15) is 0 Å². The van der Waals surface area contributed by atoms with E-state index in [-0.39, 0.29) is 5.91 Å². The van der Waals surface area contributed by atoms with Gasteiger partial charge in [0, 0.05) is 11.3 Å². The molecule has 0 bridgehead atoms. The molecule has 1 aromatic carbocycles. The lowest BCUT2D eigenvalue weighted by atomic mass is 9.92. The zero-order valence-electron chi connectivity index (χ0n) is 11.6. The van der Waals surface area contributed by atoms with Crippen LogP contribution in [0.25, 0.3) is 0 Å². The van der Waals surface area contributed by atoms with Gasteiger partial charge in [-0.2, -0.15) is 5.26 Å². The topological polar surface area (TPSA) is 52.9 Å². The van der Waals surface area contributed by atoms with Crippen molar-refractivity contribution in [1.82, 2.24) is 5.32 Å². The molecule has 1 amide bonds. The number of aryl methyl sites for hydroxylation is 1. The van der Waals surface area contributed by atoms with Gasteiger partial charge in [0.05, 0.1) is 11.5 Å². The van der Waals surface area contributed by atoms with Gasteiger partial charge in [0.15, 0.2) is 0 Å². The zero-order valence-corrected chi connectivity index (χ0v) is 11.6. The molecule has 1 aliphatic carbocycles. The standard InChI is InChI=1S/C17H16N2O/c1-13-5-7-14(8-6-13)16(20)19-15-4-3-10-17(2,12-18)11-9-15/h3-11H,1-2H3,(H,19,20). The maximum Gasteiger partial charge on any atom is 0.255 e. The van der Waals surface area contributed by atoms with Gasteiger partial charge in [-0.3, -0.25) is 4.79 Å². The second kappa shape index (κ2) is 5.58. The molecule has 1 atom stereocenters. The minimum atomic E-state index is -0.632. The van der Waals surface area contributed by atoms with Crippen molar-refractivity contribution >= 4 is 5.91 Å². The van der Waals surface area contributed by atoms with Gasteiger partial charge in [0.25, 0.3) is 5.91 Å². The zero-order chi connectivity index (χ0) is 14.6. The predicted molar refractivity (Wildman–Crippen MR) is 78.7 cm³/mol. The minimum absolute atomic E-state index is 0.158. The lowest BCUT2D eigenvalue weighted by Gasteiger charge is -2.09. The maximum absolute atomic E-state index is 12.1. The molecule has 0 aromatic heterocycles. The van der Waals surface area contributed by atoms with Crippen LogP contribution in [0, 0.1) is 23.7 Å². The van der Waals surface area contributed by atoms with Gasteiger partial charge >= 0.3 is 0 Å². The molecule has 0 fully saturated rings. The number of amides is 1. The Bertz CT molecular complexity index is 645. The van der Waals surface area contributed by atoms with Gasteiger partial charge in [0.2, 0.25) is 0 Å². The van der Waals surface area contributed by atoms with Crippen LogP contribution >= 0.6 is 0 Å². The fourth-order valence-electron chi connectivity index (χ4n) is 1.79. The number of nitrogens with zero attached hydrogens (tertiary/aromatic N) is 1. The van der Waals surface area contributed by atoms with Gasteiger partial charge < -0.3 is 5.32 Å². The summed E-state index contributed by atoms with van der Waals surface area (Å²) in [4.78, 5) is 12.1. The van der Waals surface area contributed by atoms with E-state index >= 15 is 0 Å². The van der Waals surface area contributed by atoms with Crippen molar-refractivity contribution < 1.29 is 4.79 Å². The Labute approximate surface area is 118 Å². The lowest BCUT2D eigenvalue weighted by Crippen LogP contribution is -2.21. The van der Waals surface area contributed by atoms with Gasteiger partial charge in [-0.25, -0.2) is 0 Å². The van der Waals surface area contributed by atoms with E-state index in [2.05, 4.69) is 11.4 Å². The first kappa shape index (κ1) is 13.8. The van der Waals surface area contributed by atoms with E-state index in [0.29, 0.717) is 11.3 Å². The largest absolute Gasteiger partial charge is 0.322 e. The molecule has 0 saturated carbocycles. The van der Waals surface area contributed by atoms with Gasteiger partial charge in [-0.15, -0.1) is 0 Å². The predicted octanol–water partition coefficient (Wildman–Crippen LogP) is 3.26. The molecule has 100 valence electrons. The highest BCUT2D eigenvalue weighted by molar-refractivity contribution is 5.95. The molecule has 20 heavy (non-hydrogen) atoms. The van der Waals surface area contributed by atoms with Crippen LogP contribution < -0.4 is 5.32 Å². The third-order valence-electron chi connectivity index (χ3n) is 3.14. The van der Waals surface area contributed by atoms with Crippen molar-refractivity contribution in [3.8, 4) is 6.07 Å². The van der Waals surface area contributed by atoms with E-state index in [4.69, 9.17) is 5.26 Å². The highest BCUT2D eigenvalue weighted by Gasteiger charge is 2.17. The van der Waals surface area contributed by atoms with Crippen molar-refractivity contribution in [2.75, 3.05) is 0 Å².